The molecule has 1 unspecified atom stereocenters. The summed E-state index contributed by atoms with van der Waals surface area (Å²) in [5, 5.41) is 12.8. The van der Waals surface area contributed by atoms with Gasteiger partial charge in [-0.1, -0.05) is 32.8 Å². The maximum Gasteiger partial charge on any atom is 0.255 e. The van der Waals surface area contributed by atoms with Gasteiger partial charge in [0.05, 0.1) is 24.0 Å². The van der Waals surface area contributed by atoms with Crippen LogP contribution in [-0.4, -0.2) is 30.3 Å². The van der Waals surface area contributed by atoms with Crippen LogP contribution in [0.5, 0.6) is 5.75 Å². The molecular weight excluding hydrogens is 268 g/mol. The Bertz CT molecular complexity index is 459. The summed E-state index contributed by atoms with van der Waals surface area (Å²) in [6.07, 6.45) is 1.23. The highest BCUT2D eigenvalue weighted by Gasteiger charge is 2.19. The lowest BCUT2D eigenvalue weighted by atomic mass is 9.96. The number of para-hydroxylation sites is 1. The molecule has 1 atom stereocenters. The van der Waals surface area contributed by atoms with E-state index in [9.17, 15) is 9.90 Å². The number of nitrogens with one attached hydrogen (secondary N) is 1. The van der Waals surface area contributed by atoms with Crippen LogP contribution in [0.1, 0.15) is 44.0 Å². The van der Waals surface area contributed by atoms with Crippen LogP contribution in [-0.2, 0) is 0 Å². The number of amides is 1. The maximum atomic E-state index is 12.2. The van der Waals surface area contributed by atoms with Crippen molar-refractivity contribution >= 4 is 11.6 Å². The van der Waals surface area contributed by atoms with Gasteiger partial charge < -0.3 is 20.9 Å². The van der Waals surface area contributed by atoms with Crippen molar-refractivity contribution in [3.63, 3.8) is 0 Å². The molecule has 21 heavy (non-hydrogen) atoms. The Kier molecular flexibility index (Phi) is 7.02. The second-order valence-electron chi connectivity index (χ2n) is 5.01. The normalized spacial score (nSPS) is 12.2. The smallest absolute Gasteiger partial charge is 0.255 e. The van der Waals surface area contributed by atoms with Gasteiger partial charge in [0.2, 0.25) is 0 Å². The molecule has 0 aliphatic carbocycles. The number of rotatable bonds is 8. The SMILES string of the molecule is CCOc1c(N)cccc1C(=O)NCC(O)C(CC)CC. The number of carbonyl (C=O) groups is 1. The molecule has 0 heterocycles. The average molecular weight is 294 g/mol. The number of aliphatic hydroxyl groups is 1. The summed E-state index contributed by atoms with van der Waals surface area (Å²) >= 11 is 0. The summed E-state index contributed by atoms with van der Waals surface area (Å²) in [6, 6.07) is 5.07. The molecule has 0 saturated carbocycles. The molecular formula is C16H26N2O3. The minimum absolute atomic E-state index is 0.192. The number of anilines is 1. The van der Waals surface area contributed by atoms with E-state index in [0.29, 0.717) is 23.6 Å². The van der Waals surface area contributed by atoms with E-state index in [0.717, 1.165) is 12.8 Å². The number of carbonyl (C=O) groups excluding carboxylic acids is 1. The van der Waals surface area contributed by atoms with Crippen LogP contribution < -0.4 is 15.8 Å². The van der Waals surface area contributed by atoms with E-state index in [4.69, 9.17) is 10.5 Å². The van der Waals surface area contributed by atoms with Gasteiger partial charge in [0.25, 0.3) is 5.91 Å². The molecule has 1 aromatic rings. The van der Waals surface area contributed by atoms with Crippen molar-refractivity contribution in [1.82, 2.24) is 5.32 Å². The van der Waals surface area contributed by atoms with Crippen LogP contribution in [0.4, 0.5) is 5.69 Å². The summed E-state index contributed by atoms with van der Waals surface area (Å²) in [5.41, 5.74) is 6.67. The van der Waals surface area contributed by atoms with Gasteiger partial charge in [0, 0.05) is 6.54 Å². The van der Waals surface area contributed by atoms with E-state index < -0.39 is 6.10 Å². The quantitative estimate of drug-likeness (QED) is 0.642. The Morgan fingerprint density at radius 2 is 2.00 bits per heavy atom. The van der Waals surface area contributed by atoms with Crippen molar-refractivity contribution in [3.05, 3.63) is 23.8 Å². The lowest BCUT2D eigenvalue weighted by Gasteiger charge is -2.20. The second kappa shape index (κ2) is 8.52. The van der Waals surface area contributed by atoms with Gasteiger partial charge in [-0.15, -0.1) is 0 Å². The van der Waals surface area contributed by atoms with Gasteiger partial charge in [-0.25, -0.2) is 0 Å². The van der Waals surface area contributed by atoms with E-state index in [2.05, 4.69) is 5.32 Å². The number of benzene rings is 1. The lowest BCUT2D eigenvalue weighted by Crippen LogP contribution is -2.36. The summed E-state index contributed by atoms with van der Waals surface area (Å²) in [7, 11) is 0. The third-order valence-electron chi connectivity index (χ3n) is 3.64. The lowest BCUT2D eigenvalue weighted by molar-refractivity contribution is 0.0814. The standard InChI is InChI=1S/C16H26N2O3/c1-4-11(5-2)14(19)10-18-16(20)12-8-7-9-13(17)15(12)21-6-3/h7-9,11,14,19H,4-6,10,17H2,1-3H3,(H,18,20). The van der Waals surface area contributed by atoms with Gasteiger partial charge in [-0.3, -0.25) is 4.79 Å². The minimum atomic E-state index is -0.541. The van der Waals surface area contributed by atoms with Crippen molar-refractivity contribution < 1.29 is 14.6 Å². The molecule has 5 heteroatoms. The van der Waals surface area contributed by atoms with Crippen LogP contribution in [0, 0.1) is 5.92 Å². The van der Waals surface area contributed by atoms with Crippen LogP contribution in [0.3, 0.4) is 0 Å². The molecule has 1 aromatic carbocycles. The molecule has 0 saturated heterocycles. The fourth-order valence-corrected chi connectivity index (χ4v) is 2.33. The Morgan fingerprint density at radius 1 is 1.33 bits per heavy atom. The Labute approximate surface area is 126 Å². The van der Waals surface area contributed by atoms with E-state index in [-0.39, 0.29) is 18.4 Å². The fraction of sp³-hybridized carbons (Fsp3) is 0.562. The molecule has 0 spiro atoms. The first-order chi connectivity index (χ1) is 10.0. The van der Waals surface area contributed by atoms with E-state index in [1.807, 2.05) is 20.8 Å². The topological polar surface area (TPSA) is 84.6 Å². The van der Waals surface area contributed by atoms with Crippen molar-refractivity contribution in [3.8, 4) is 5.75 Å². The summed E-state index contributed by atoms with van der Waals surface area (Å²) in [4.78, 5) is 12.2. The van der Waals surface area contributed by atoms with Crippen molar-refractivity contribution in [2.45, 2.75) is 39.7 Å². The minimum Gasteiger partial charge on any atom is -0.491 e. The highest BCUT2D eigenvalue weighted by Crippen LogP contribution is 2.26. The molecule has 1 amide bonds. The van der Waals surface area contributed by atoms with E-state index >= 15 is 0 Å². The molecule has 1 rings (SSSR count). The van der Waals surface area contributed by atoms with Crippen molar-refractivity contribution in [1.29, 1.82) is 0 Å². The maximum absolute atomic E-state index is 12.2. The van der Waals surface area contributed by atoms with E-state index in [1.54, 1.807) is 18.2 Å². The van der Waals surface area contributed by atoms with Crippen molar-refractivity contribution in [2.75, 3.05) is 18.9 Å². The van der Waals surface area contributed by atoms with Crippen LogP contribution >= 0.6 is 0 Å². The molecule has 0 aromatic heterocycles. The third kappa shape index (κ3) is 4.63. The summed E-state index contributed by atoms with van der Waals surface area (Å²) < 4.78 is 5.44. The number of ether oxygens (including phenoxy) is 1. The highest BCUT2D eigenvalue weighted by atomic mass is 16.5. The number of nitrogens with two attached hydrogens (primary N) is 1. The fourth-order valence-electron chi connectivity index (χ4n) is 2.33. The zero-order chi connectivity index (χ0) is 15.8. The molecule has 118 valence electrons. The monoisotopic (exact) mass is 294 g/mol. The van der Waals surface area contributed by atoms with Gasteiger partial charge in [-0.2, -0.15) is 0 Å². The molecule has 0 aliphatic heterocycles. The Hall–Kier alpha value is -1.75. The molecule has 0 radical (unpaired) electrons. The first kappa shape index (κ1) is 17.3. The molecule has 4 N–H and O–H groups in total. The predicted molar refractivity (Wildman–Crippen MR) is 84.4 cm³/mol. The first-order valence-electron chi connectivity index (χ1n) is 7.52. The number of hydrogen-bond donors (Lipinski definition) is 3. The zero-order valence-electron chi connectivity index (χ0n) is 13.1. The summed E-state index contributed by atoms with van der Waals surface area (Å²) in [5.74, 6) is 0.308. The summed E-state index contributed by atoms with van der Waals surface area (Å²) in [6.45, 7) is 6.57. The van der Waals surface area contributed by atoms with Gasteiger partial charge >= 0.3 is 0 Å². The largest absolute Gasteiger partial charge is 0.491 e. The van der Waals surface area contributed by atoms with Gasteiger partial charge in [-0.05, 0) is 25.0 Å². The first-order valence-corrected chi connectivity index (χ1v) is 7.52. The average Bonchev–Trinajstić information content (AvgIpc) is 2.48. The number of hydrogen-bond acceptors (Lipinski definition) is 4. The number of nitrogen functional groups attached to an aromatic ring is 1. The van der Waals surface area contributed by atoms with Crippen molar-refractivity contribution in [2.24, 2.45) is 5.92 Å². The second-order valence-corrected chi connectivity index (χ2v) is 5.01. The zero-order valence-corrected chi connectivity index (χ0v) is 13.1. The van der Waals surface area contributed by atoms with E-state index in [1.165, 1.54) is 0 Å². The number of aliphatic hydroxyl groups excluding tert-OH is 1. The van der Waals surface area contributed by atoms with Gasteiger partial charge in [0.1, 0.15) is 0 Å². The highest BCUT2D eigenvalue weighted by molar-refractivity contribution is 5.98. The Balaban J connectivity index is 2.74. The van der Waals surface area contributed by atoms with Crippen LogP contribution in [0.15, 0.2) is 18.2 Å². The van der Waals surface area contributed by atoms with Gasteiger partial charge in [0.15, 0.2) is 5.75 Å². The predicted octanol–water partition coefficient (Wildman–Crippen LogP) is 2.19. The third-order valence-corrected chi connectivity index (χ3v) is 3.64. The Morgan fingerprint density at radius 3 is 2.57 bits per heavy atom. The molecule has 5 nitrogen and oxygen atoms in total. The van der Waals surface area contributed by atoms with Crippen LogP contribution in [0.2, 0.25) is 0 Å². The molecule has 0 aliphatic rings. The molecule has 0 fully saturated rings. The van der Waals surface area contributed by atoms with Crippen LogP contribution in [0.25, 0.3) is 0 Å². The molecule has 0 bridgehead atoms.